The van der Waals surface area contributed by atoms with Gasteiger partial charge in [-0.2, -0.15) is 0 Å². The number of hydrogen-bond donors (Lipinski definition) is 2. The third kappa shape index (κ3) is 4.68. The Balaban J connectivity index is 1.55. The Morgan fingerprint density at radius 3 is 1.88 bits per heavy atom. The van der Waals surface area contributed by atoms with Gasteiger partial charge in [0.1, 0.15) is 0 Å². The second-order valence-corrected chi connectivity index (χ2v) is 5.63. The topological polar surface area (TPSA) is 58.2 Å². The molecule has 3 aromatic carbocycles. The van der Waals surface area contributed by atoms with Gasteiger partial charge in [0.25, 0.3) is 11.8 Å². The van der Waals surface area contributed by atoms with Gasteiger partial charge in [-0.05, 0) is 34.9 Å². The summed E-state index contributed by atoms with van der Waals surface area (Å²) >= 11 is 0. The van der Waals surface area contributed by atoms with Crippen LogP contribution in [0.1, 0.15) is 15.9 Å². The highest BCUT2D eigenvalue weighted by molar-refractivity contribution is 5.98. The molecule has 26 heavy (non-hydrogen) atoms. The van der Waals surface area contributed by atoms with Gasteiger partial charge >= 0.3 is 0 Å². The predicted molar refractivity (Wildman–Crippen MR) is 103 cm³/mol. The van der Waals surface area contributed by atoms with Gasteiger partial charge < -0.3 is 0 Å². The number of hydrogen-bond acceptors (Lipinski definition) is 2. The fraction of sp³-hybridized carbons (Fsp3) is 0. The SMILES string of the molecule is O=C(/C=C/c1ccccc1)NNC(=O)c1ccc(-c2ccccc2)cc1. The molecule has 3 rings (SSSR count). The maximum atomic E-state index is 12.1. The Bertz CT molecular complexity index is 902. The van der Waals surface area contributed by atoms with Gasteiger partial charge in [0, 0.05) is 11.6 Å². The summed E-state index contributed by atoms with van der Waals surface area (Å²) < 4.78 is 0. The molecule has 0 saturated carbocycles. The summed E-state index contributed by atoms with van der Waals surface area (Å²) in [6, 6.07) is 26.6. The molecule has 0 aliphatic rings. The molecule has 0 unspecified atom stereocenters. The fourth-order valence-electron chi connectivity index (χ4n) is 2.41. The minimum atomic E-state index is -0.400. The first-order chi connectivity index (χ1) is 12.7. The summed E-state index contributed by atoms with van der Waals surface area (Å²) in [6.07, 6.45) is 3.05. The van der Waals surface area contributed by atoms with Crippen molar-refractivity contribution in [2.24, 2.45) is 0 Å². The van der Waals surface area contributed by atoms with Crippen LogP contribution in [-0.2, 0) is 4.79 Å². The standard InChI is InChI=1S/C22H18N2O2/c25-21(16-11-17-7-3-1-4-8-17)23-24-22(26)20-14-12-19(13-15-20)18-9-5-2-6-10-18/h1-16H,(H,23,25)(H,24,26)/b16-11+. The largest absolute Gasteiger partial charge is 0.269 e. The third-order valence-electron chi connectivity index (χ3n) is 3.78. The first-order valence-electron chi connectivity index (χ1n) is 8.21. The minimum Gasteiger partial charge on any atom is -0.268 e. The minimum absolute atomic E-state index is 0.369. The molecule has 0 spiro atoms. The molecule has 0 fully saturated rings. The van der Waals surface area contributed by atoms with E-state index in [4.69, 9.17) is 0 Å². The molecule has 0 atom stereocenters. The van der Waals surface area contributed by atoms with Crippen LogP contribution in [0.25, 0.3) is 17.2 Å². The quantitative estimate of drug-likeness (QED) is 0.559. The molecule has 128 valence electrons. The highest BCUT2D eigenvalue weighted by Gasteiger charge is 2.06. The second kappa shape index (κ2) is 8.44. The molecule has 2 N–H and O–H groups in total. The van der Waals surface area contributed by atoms with Crippen molar-refractivity contribution in [2.75, 3.05) is 0 Å². The van der Waals surface area contributed by atoms with Crippen molar-refractivity contribution < 1.29 is 9.59 Å². The highest BCUT2D eigenvalue weighted by Crippen LogP contribution is 2.19. The van der Waals surface area contributed by atoms with E-state index in [1.807, 2.05) is 72.8 Å². The van der Waals surface area contributed by atoms with E-state index in [1.54, 1.807) is 18.2 Å². The molecular weight excluding hydrogens is 324 g/mol. The van der Waals surface area contributed by atoms with Crippen LogP contribution in [0.2, 0.25) is 0 Å². The summed E-state index contributed by atoms with van der Waals surface area (Å²) in [6.45, 7) is 0. The van der Waals surface area contributed by atoms with Crippen LogP contribution in [-0.4, -0.2) is 11.8 Å². The van der Waals surface area contributed by atoms with Crippen LogP contribution < -0.4 is 10.9 Å². The van der Waals surface area contributed by atoms with Crippen molar-refractivity contribution in [1.29, 1.82) is 0 Å². The maximum Gasteiger partial charge on any atom is 0.269 e. The van der Waals surface area contributed by atoms with Gasteiger partial charge in [-0.3, -0.25) is 20.4 Å². The molecule has 0 saturated heterocycles. The normalized spacial score (nSPS) is 10.5. The lowest BCUT2D eigenvalue weighted by Crippen LogP contribution is -2.40. The third-order valence-corrected chi connectivity index (χ3v) is 3.78. The smallest absolute Gasteiger partial charge is 0.268 e. The lowest BCUT2D eigenvalue weighted by Gasteiger charge is -2.06. The molecule has 0 radical (unpaired) electrons. The van der Waals surface area contributed by atoms with E-state index in [-0.39, 0.29) is 5.91 Å². The van der Waals surface area contributed by atoms with Crippen molar-refractivity contribution in [3.05, 3.63) is 102 Å². The fourth-order valence-corrected chi connectivity index (χ4v) is 2.41. The zero-order valence-corrected chi connectivity index (χ0v) is 14.1. The number of nitrogens with one attached hydrogen (secondary N) is 2. The lowest BCUT2D eigenvalue weighted by molar-refractivity contribution is -0.117. The van der Waals surface area contributed by atoms with Gasteiger partial charge in [-0.15, -0.1) is 0 Å². The molecule has 0 heterocycles. The van der Waals surface area contributed by atoms with Gasteiger partial charge in [-0.25, -0.2) is 0 Å². The van der Waals surface area contributed by atoms with E-state index in [1.165, 1.54) is 6.08 Å². The average molecular weight is 342 g/mol. The Morgan fingerprint density at radius 1 is 0.654 bits per heavy atom. The summed E-state index contributed by atoms with van der Waals surface area (Å²) in [5.74, 6) is -0.769. The van der Waals surface area contributed by atoms with Gasteiger partial charge in [0.2, 0.25) is 0 Å². The molecule has 0 bridgehead atoms. The van der Waals surface area contributed by atoms with Crippen LogP contribution in [0.3, 0.4) is 0 Å². The van der Waals surface area contributed by atoms with E-state index >= 15 is 0 Å². The molecule has 3 aromatic rings. The molecule has 2 amide bonds. The van der Waals surface area contributed by atoms with Crippen molar-refractivity contribution in [2.45, 2.75) is 0 Å². The van der Waals surface area contributed by atoms with Crippen molar-refractivity contribution in [3.8, 4) is 11.1 Å². The van der Waals surface area contributed by atoms with Crippen LogP contribution >= 0.6 is 0 Å². The van der Waals surface area contributed by atoms with Crippen molar-refractivity contribution in [3.63, 3.8) is 0 Å². The monoisotopic (exact) mass is 342 g/mol. The van der Waals surface area contributed by atoms with E-state index < -0.39 is 5.91 Å². The molecule has 0 aliphatic heterocycles. The molecular formula is C22H18N2O2. The van der Waals surface area contributed by atoms with E-state index in [0.29, 0.717) is 5.56 Å². The zero-order valence-electron chi connectivity index (χ0n) is 14.1. The summed E-state index contributed by atoms with van der Waals surface area (Å²) in [4.78, 5) is 23.9. The van der Waals surface area contributed by atoms with Crippen molar-refractivity contribution >= 4 is 17.9 Å². The predicted octanol–water partition coefficient (Wildman–Crippen LogP) is 3.83. The first kappa shape index (κ1) is 17.2. The van der Waals surface area contributed by atoms with E-state index in [0.717, 1.165) is 16.7 Å². The zero-order chi connectivity index (χ0) is 18.2. The number of carbonyl (C=O) groups excluding carboxylic acids is 2. The molecule has 4 heteroatoms. The van der Waals surface area contributed by atoms with Crippen LogP contribution in [0, 0.1) is 0 Å². The van der Waals surface area contributed by atoms with E-state index in [2.05, 4.69) is 10.9 Å². The van der Waals surface area contributed by atoms with Crippen LogP contribution in [0.15, 0.2) is 91.0 Å². The number of hydrazine groups is 1. The number of amides is 2. The highest BCUT2D eigenvalue weighted by atomic mass is 16.2. The number of rotatable bonds is 4. The lowest BCUT2D eigenvalue weighted by atomic mass is 10.0. The van der Waals surface area contributed by atoms with Crippen molar-refractivity contribution in [1.82, 2.24) is 10.9 Å². The van der Waals surface area contributed by atoms with Gasteiger partial charge in [0.05, 0.1) is 0 Å². The van der Waals surface area contributed by atoms with Crippen LogP contribution in [0.5, 0.6) is 0 Å². The Labute approximate surface area is 152 Å². The first-order valence-corrected chi connectivity index (χ1v) is 8.21. The van der Waals surface area contributed by atoms with Crippen LogP contribution in [0.4, 0.5) is 0 Å². The summed E-state index contributed by atoms with van der Waals surface area (Å²) in [5, 5.41) is 0. The molecule has 0 aliphatic carbocycles. The van der Waals surface area contributed by atoms with Gasteiger partial charge in [0.15, 0.2) is 0 Å². The number of benzene rings is 3. The van der Waals surface area contributed by atoms with Gasteiger partial charge in [-0.1, -0.05) is 72.8 Å². The molecule has 4 nitrogen and oxygen atoms in total. The summed E-state index contributed by atoms with van der Waals surface area (Å²) in [7, 11) is 0. The average Bonchev–Trinajstić information content (AvgIpc) is 2.72. The van der Waals surface area contributed by atoms with E-state index in [9.17, 15) is 9.59 Å². The Hall–Kier alpha value is -3.66. The Kier molecular flexibility index (Phi) is 5.58. The second-order valence-electron chi connectivity index (χ2n) is 5.63. The maximum absolute atomic E-state index is 12.1. The summed E-state index contributed by atoms with van der Waals surface area (Å²) in [5.41, 5.74) is 8.26. The Morgan fingerprint density at radius 2 is 1.23 bits per heavy atom. The number of carbonyl (C=O) groups is 2. The molecule has 0 aromatic heterocycles.